The molecule has 8 atom stereocenters. The molecule has 0 bridgehead atoms. The Bertz CT molecular complexity index is 1250. The number of nitrogens with zero attached hydrogens (tertiary/aromatic N) is 2. The van der Waals surface area contributed by atoms with Crippen LogP contribution in [0.4, 0.5) is 0 Å². The largest absolute Gasteiger partial charge is 0.342 e. The van der Waals surface area contributed by atoms with Crippen LogP contribution < -0.4 is 0 Å². The van der Waals surface area contributed by atoms with E-state index in [1.54, 1.807) is 16.9 Å². The van der Waals surface area contributed by atoms with Crippen molar-refractivity contribution < 1.29 is 4.79 Å². The topological polar surface area (TPSA) is 23.6 Å². The van der Waals surface area contributed by atoms with Gasteiger partial charge in [0.05, 0.1) is 6.42 Å². The zero-order valence-electron chi connectivity index (χ0n) is 23.2. The summed E-state index contributed by atoms with van der Waals surface area (Å²) < 4.78 is 1.28. The van der Waals surface area contributed by atoms with E-state index in [1.165, 1.54) is 60.7 Å². The molecular formula is C33H44N2OS. The lowest BCUT2D eigenvalue weighted by molar-refractivity contribution is -0.132. The Kier molecular flexibility index (Phi) is 5.72. The number of hydrogen-bond donors (Lipinski definition) is 0. The van der Waals surface area contributed by atoms with Gasteiger partial charge in [0.2, 0.25) is 5.91 Å². The highest BCUT2D eigenvalue weighted by atomic mass is 32.1. The minimum Gasteiger partial charge on any atom is -0.342 e. The van der Waals surface area contributed by atoms with Crippen molar-refractivity contribution in [3.63, 3.8) is 0 Å². The van der Waals surface area contributed by atoms with E-state index in [4.69, 9.17) is 0 Å². The number of amides is 1. The van der Waals surface area contributed by atoms with Crippen molar-refractivity contribution >= 4 is 27.3 Å². The van der Waals surface area contributed by atoms with E-state index >= 15 is 0 Å². The SMILES string of the molecule is C[C@H]1[C@H]2CC[C@H]3[C@@H]4CC=C5C[C@@H](N(C)C(=O)Cc6csc7ccccc67)CC[C@]5(C)C4CC[C@]23CN1C. The number of carbonyl (C=O) groups is 1. The third-order valence-electron chi connectivity index (χ3n) is 12.5. The lowest BCUT2D eigenvalue weighted by Gasteiger charge is -2.58. The molecule has 7 rings (SSSR count). The molecule has 1 unspecified atom stereocenters. The van der Waals surface area contributed by atoms with Crippen LogP contribution in [0, 0.1) is 34.5 Å². The summed E-state index contributed by atoms with van der Waals surface area (Å²) in [5, 5.41) is 3.43. The molecule has 0 N–H and O–H groups in total. The molecule has 1 spiro atoms. The van der Waals surface area contributed by atoms with Gasteiger partial charge in [0.25, 0.3) is 0 Å². The summed E-state index contributed by atoms with van der Waals surface area (Å²) >= 11 is 1.76. The van der Waals surface area contributed by atoms with Crippen LogP contribution in [0.15, 0.2) is 41.3 Å². The Morgan fingerprint density at radius 1 is 1.11 bits per heavy atom. The molecule has 1 aliphatic heterocycles. The molecule has 3 saturated carbocycles. The summed E-state index contributed by atoms with van der Waals surface area (Å²) in [4.78, 5) is 18.2. The van der Waals surface area contributed by atoms with Crippen molar-refractivity contribution in [3.05, 3.63) is 46.9 Å². The highest BCUT2D eigenvalue weighted by Crippen LogP contribution is 2.68. The fourth-order valence-corrected chi connectivity index (χ4v) is 11.4. The van der Waals surface area contributed by atoms with Crippen LogP contribution in [0.1, 0.15) is 70.8 Å². The standard InChI is InChI=1S/C33H44N2OS/c1-21-27-11-12-29-26-10-9-23-18-24(13-15-32(23,2)28(26)14-16-33(27,29)20-34(21)3)35(4)31(36)17-22-19-37-30-8-6-5-7-25(22)30/h5-9,19,21,24,26-29H,10-18,20H2,1-4H3/t21-,24-,26+,27+,28?,29-,32-,33-/m0/s1. The van der Waals surface area contributed by atoms with E-state index < -0.39 is 0 Å². The van der Waals surface area contributed by atoms with E-state index in [-0.39, 0.29) is 5.91 Å². The number of rotatable bonds is 3. The predicted octanol–water partition coefficient (Wildman–Crippen LogP) is 7.16. The monoisotopic (exact) mass is 516 g/mol. The van der Waals surface area contributed by atoms with Crippen molar-refractivity contribution in [2.45, 2.75) is 83.7 Å². The van der Waals surface area contributed by atoms with E-state index in [0.717, 1.165) is 42.6 Å². The summed E-state index contributed by atoms with van der Waals surface area (Å²) in [6, 6.07) is 9.61. The first kappa shape index (κ1) is 24.4. The van der Waals surface area contributed by atoms with E-state index in [2.05, 4.69) is 73.5 Å². The number of benzene rings is 1. The van der Waals surface area contributed by atoms with Gasteiger partial charge in [0, 0.05) is 30.4 Å². The predicted molar refractivity (Wildman–Crippen MR) is 154 cm³/mol. The number of allylic oxidation sites excluding steroid dienone is 1. The Morgan fingerprint density at radius 3 is 2.78 bits per heavy atom. The Balaban J connectivity index is 1.07. The van der Waals surface area contributed by atoms with Crippen molar-refractivity contribution in [3.8, 4) is 0 Å². The number of hydrogen-bond acceptors (Lipinski definition) is 3. The van der Waals surface area contributed by atoms with Gasteiger partial charge in [-0.05, 0) is 122 Å². The molecule has 4 heteroatoms. The van der Waals surface area contributed by atoms with Gasteiger partial charge in [-0.25, -0.2) is 0 Å². The summed E-state index contributed by atoms with van der Waals surface area (Å²) in [6.07, 6.45) is 13.8. The lowest BCUT2D eigenvalue weighted by atomic mass is 9.47. The number of carbonyl (C=O) groups excluding carboxylic acids is 1. The fourth-order valence-electron chi connectivity index (χ4n) is 10.4. The van der Waals surface area contributed by atoms with Gasteiger partial charge in [0.15, 0.2) is 0 Å². The molecule has 37 heavy (non-hydrogen) atoms. The first-order chi connectivity index (χ1) is 17.8. The van der Waals surface area contributed by atoms with Gasteiger partial charge < -0.3 is 9.80 Å². The molecule has 1 amide bonds. The van der Waals surface area contributed by atoms with Crippen molar-refractivity contribution in [2.24, 2.45) is 34.5 Å². The van der Waals surface area contributed by atoms with Crippen LogP contribution in [0.25, 0.3) is 10.1 Å². The molecule has 1 aromatic heterocycles. The van der Waals surface area contributed by atoms with Crippen LogP contribution in [-0.2, 0) is 11.2 Å². The highest BCUT2D eigenvalue weighted by Gasteiger charge is 2.64. The zero-order valence-corrected chi connectivity index (χ0v) is 24.0. The second kappa shape index (κ2) is 8.68. The summed E-state index contributed by atoms with van der Waals surface area (Å²) in [7, 11) is 4.44. The molecule has 1 saturated heterocycles. The van der Waals surface area contributed by atoms with Gasteiger partial charge in [-0.2, -0.15) is 0 Å². The molecule has 4 aliphatic carbocycles. The molecule has 0 radical (unpaired) electrons. The average molecular weight is 517 g/mol. The molecule has 1 aromatic carbocycles. The Labute approximate surface area is 227 Å². The molecule has 2 heterocycles. The van der Waals surface area contributed by atoms with Crippen LogP contribution in [0.5, 0.6) is 0 Å². The Morgan fingerprint density at radius 2 is 1.92 bits per heavy atom. The summed E-state index contributed by atoms with van der Waals surface area (Å²) in [5.74, 6) is 3.87. The number of likely N-dealkylation sites (N-methyl/N-ethyl adjacent to an activating group) is 1. The third-order valence-corrected chi connectivity index (χ3v) is 13.5. The fraction of sp³-hybridized carbons (Fsp3) is 0.667. The first-order valence-corrected chi connectivity index (χ1v) is 15.8. The van der Waals surface area contributed by atoms with Crippen molar-refractivity contribution in [2.75, 3.05) is 20.6 Å². The van der Waals surface area contributed by atoms with Crippen LogP contribution in [-0.4, -0.2) is 48.4 Å². The second-order valence-corrected chi connectivity index (χ2v) is 14.6. The van der Waals surface area contributed by atoms with Gasteiger partial charge in [-0.3, -0.25) is 4.79 Å². The highest BCUT2D eigenvalue weighted by molar-refractivity contribution is 7.17. The maximum absolute atomic E-state index is 13.4. The normalized spacial score (nSPS) is 41.0. The van der Waals surface area contributed by atoms with Crippen molar-refractivity contribution in [1.82, 2.24) is 9.80 Å². The van der Waals surface area contributed by atoms with E-state index in [1.807, 2.05) is 0 Å². The van der Waals surface area contributed by atoms with Gasteiger partial charge in [0.1, 0.15) is 0 Å². The molecule has 5 aliphatic rings. The number of thiophene rings is 1. The maximum Gasteiger partial charge on any atom is 0.227 e. The zero-order chi connectivity index (χ0) is 25.5. The number of likely N-dealkylation sites (tertiary alicyclic amines) is 1. The average Bonchev–Trinajstić information content (AvgIpc) is 3.55. The van der Waals surface area contributed by atoms with E-state index in [9.17, 15) is 4.79 Å². The van der Waals surface area contributed by atoms with Gasteiger partial charge >= 0.3 is 0 Å². The maximum atomic E-state index is 13.4. The first-order valence-electron chi connectivity index (χ1n) is 14.9. The van der Waals surface area contributed by atoms with Gasteiger partial charge in [-0.15, -0.1) is 11.3 Å². The molecule has 198 valence electrons. The van der Waals surface area contributed by atoms with E-state index in [0.29, 0.717) is 23.3 Å². The summed E-state index contributed by atoms with van der Waals surface area (Å²) in [5.41, 5.74) is 3.83. The second-order valence-electron chi connectivity index (χ2n) is 13.7. The van der Waals surface area contributed by atoms with Crippen LogP contribution >= 0.6 is 11.3 Å². The van der Waals surface area contributed by atoms with Gasteiger partial charge in [-0.1, -0.05) is 36.8 Å². The third kappa shape index (κ3) is 3.50. The van der Waals surface area contributed by atoms with Crippen LogP contribution in [0.3, 0.4) is 0 Å². The molecular weight excluding hydrogens is 472 g/mol. The minimum atomic E-state index is 0.280. The smallest absolute Gasteiger partial charge is 0.227 e. The molecule has 3 nitrogen and oxygen atoms in total. The van der Waals surface area contributed by atoms with Crippen LogP contribution in [0.2, 0.25) is 0 Å². The van der Waals surface area contributed by atoms with Crippen molar-refractivity contribution in [1.29, 1.82) is 0 Å². The number of fused-ring (bicyclic) bond motifs is 5. The molecule has 4 fully saturated rings. The quantitative estimate of drug-likeness (QED) is 0.404. The lowest BCUT2D eigenvalue weighted by Crippen LogP contribution is -2.53. The Hall–Kier alpha value is -1.65. The molecule has 2 aromatic rings. The minimum absolute atomic E-state index is 0.280. The summed E-state index contributed by atoms with van der Waals surface area (Å²) in [6.45, 7) is 6.45.